The van der Waals surface area contributed by atoms with Gasteiger partial charge in [0.15, 0.2) is 11.2 Å². The molecule has 0 unspecified atom stereocenters. The number of anilines is 1. The lowest BCUT2D eigenvalue weighted by molar-refractivity contribution is -0.122. The van der Waals surface area contributed by atoms with Gasteiger partial charge in [0, 0.05) is 25.0 Å². The molecule has 26 heavy (non-hydrogen) atoms. The van der Waals surface area contributed by atoms with Crippen molar-refractivity contribution in [1.29, 1.82) is 0 Å². The molecule has 3 atom stereocenters. The number of thiazole rings is 1. The quantitative estimate of drug-likeness (QED) is 0.840. The normalized spacial score (nSPS) is 22.0. The number of nitrogens with one attached hydrogen (secondary N) is 1. The van der Waals surface area contributed by atoms with Gasteiger partial charge in [-0.3, -0.25) is 15.0 Å². The van der Waals surface area contributed by atoms with Gasteiger partial charge in [0.05, 0.1) is 17.9 Å². The van der Waals surface area contributed by atoms with Crippen molar-refractivity contribution in [2.75, 3.05) is 18.4 Å². The molecular weight excluding hydrogens is 350 g/mol. The molecule has 0 radical (unpaired) electrons. The van der Waals surface area contributed by atoms with Gasteiger partial charge in [-0.05, 0) is 32.9 Å². The third-order valence-corrected chi connectivity index (χ3v) is 4.89. The molecule has 1 amide bonds. The van der Waals surface area contributed by atoms with Crippen molar-refractivity contribution in [3.63, 3.8) is 0 Å². The lowest BCUT2D eigenvalue weighted by atomic mass is 10.2. The fourth-order valence-corrected chi connectivity index (χ4v) is 3.75. The van der Waals surface area contributed by atoms with Crippen LogP contribution in [0.25, 0.3) is 0 Å². The summed E-state index contributed by atoms with van der Waals surface area (Å²) < 4.78 is 11.4. The number of carbonyl (C=O) groups excluding carboxylic acids is 1. The Hall–Kier alpha value is -1.96. The molecule has 0 spiro atoms. The van der Waals surface area contributed by atoms with Crippen LogP contribution in [0.1, 0.15) is 26.5 Å². The zero-order chi connectivity index (χ0) is 18.5. The van der Waals surface area contributed by atoms with Gasteiger partial charge in [-0.1, -0.05) is 18.2 Å². The second kappa shape index (κ2) is 8.62. The molecule has 1 aliphatic heterocycles. The van der Waals surface area contributed by atoms with Crippen LogP contribution in [0.3, 0.4) is 0 Å². The number of morpholine rings is 1. The first-order valence-corrected chi connectivity index (χ1v) is 9.72. The number of hydrogen-bond acceptors (Lipinski definition) is 6. The van der Waals surface area contributed by atoms with E-state index in [1.807, 2.05) is 35.7 Å². The lowest BCUT2D eigenvalue weighted by Crippen LogP contribution is -2.44. The van der Waals surface area contributed by atoms with E-state index in [4.69, 9.17) is 9.47 Å². The van der Waals surface area contributed by atoms with Crippen LogP contribution in [0.4, 0.5) is 5.13 Å². The maximum absolute atomic E-state index is 12.3. The number of para-hydroxylation sites is 1. The van der Waals surface area contributed by atoms with Crippen LogP contribution >= 0.6 is 11.3 Å². The Morgan fingerprint density at radius 3 is 2.73 bits per heavy atom. The number of nitrogens with zero attached hydrogens (tertiary/aromatic N) is 2. The number of hydrogen-bond donors (Lipinski definition) is 1. The molecule has 0 saturated carbocycles. The van der Waals surface area contributed by atoms with Crippen molar-refractivity contribution in [2.24, 2.45) is 0 Å². The van der Waals surface area contributed by atoms with Gasteiger partial charge >= 0.3 is 0 Å². The predicted molar refractivity (Wildman–Crippen MR) is 103 cm³/mol. The molecule has 1 aromatic heterocycles. The Balaban J connectivity index is 1.52. The van der Waals surface area contributed by atoms with Gasteiger partial charge in [-0.2, -0.15) is 0 Å². The van der Waals surface area contributed by atoms with Crippen LogP contribution in [0.15, 0.2) is 35.7 Å². The first kappa shape index (κ1) is 18.8. The predicted octanol–water partition coefficient (Wildman–Crippen LogP) is 3.16. The summed E-state index contributed by atoms with van der Waals surface area (Å²) in [5.41, 5.74) is 0.961. The summed E-state index contributed by atoms with van der Waals surface area (Å²) in [7, 11) is 0. The molecule has 1 fully saturated rings. The molecule has 1 N–H and O–H groups in total. The van der Waals surface area contributed by atoms with Gasteiger partial charge in [0.1, 0.15) is 5.75 Å². The fourth-order valence-electron chi connectivity index (χ4n) is 3.04. The highest BCUT2D eigenvalue weighted by atomic mass is 32.1. The number of rotatable bonds is 6. The number of aromatic nitrogens is 1. The minimum Gasteiger partial charge on any atom is -0.481 e. The van der Waals surface area contributed by atoms with E-state index in [0.29, 0.717) is 10.9 Å². The average Bonchev–Trinajstić information content (AvgIpc) is 3.01. The zero-order valence-electron chi connectivity index (χ0n) is 15.3. The van der Waals surface area contributed by atoms with Gasteiger partial charge in [0.2, 0.25) is 0 Å². The van der Waals surface area contributed by atoms with Crippen molar-refractivity contribution < 1.29 is 14.3 Å². The summed E-state index contributed by atoms with van der Waals surface area (Å²) in [6.07, 6.45) is -0.134. The summed E-state index contributed by atoms with van der Waals surface area (Å²) in [6, 6.07) is 9.32. The molecule has 2 heterocycles. The topological polar surface area (TPSA) is 63.7 Å². The standard InChI is InChI=1S/C19H25N3O3S/c1-13-9-22(10-14(2)24-13)11-16-12-26-19(20-16)21-18(23)15(3)25-17-7-5-4-6-8-17/h4-8,12-15H,9-11H2,1-3H3,(H,20,21,23)/t13-,14+,15-/m0/s1. The largest absolute Gasteiger partial charge is 0.481 e. The van der Waals surface area contributed by atoms with E-state index >= 15 is 0 Å². The van der Waals surface area contributed by atoms with Crippen LogP contribution in [0, 0.1) is 0 Å². The van der Waals surface area contributed by atoms with Crippen molar-refractivity contribution in [2.45, 2.75) is 45.6 Å². The summed E-state index contributed by atoms with van der Waals surface area (Å²) in [6.45, 7) is 8.46. The van der Waals surface area contributed by atoms with Crippen LogP contribution < -0.4 is 10.1 Å². The van der Waals surface area contributed by atoms with E-state index in [0.717, 1.165) is 25.3 Å². The van der Waals surface area contributed by atoms with Crippen LogP contribution in [0.2, 0.25) is 0 Å². The van der Waals surface area contributed by atoms with Gasteiger partial charge in [0.25, 0.3) is 5.91 Å². The third-order valence-electron chi connectivity index (χ3n) is 4.09. The van der Waals surface area contributed by atoms with E-state index in [1.54, 1.807) is 6.92 Å². The maximum atomic E-state index is 12.3. The van der Waals surface area contributed by atoms with Crippen LogP contribution in [-0.4, -0.2) is 47.2 Å². The first-order valence-electron chi connectivity index (χ1n) is 8.84. The van der Waals surface area contributed by atoms with Crippen molar-refractivity contribution >= 4 is 22.4 Å². The Kier molecular flexibility index (Phi) is 6.24. The molecule has 3 rings (SSSR count). The minimum absolute atomic E-state index is 0.205. The number of amides is 1. The third kappa shape index (κ3) is 5.27. The van der Waals surface area contributed by atoms with E-state index < -0.39 is 6.10 Å². The van der Waals surface area contributed by atoms with Crippen molar-refractivity contribution in [3.8, 4) is 5.75 Å². The molecule has 1 aromatic carbocycles. The average molecular weight is 375 g/mol. The molecule has 1 aliphatic rings. The summed E-state index contributed by atoms with van der Waals surface area (Å²) in [4.78, 5) is 19.2. The highest BCUT2D eigenvalue weighted by molar-refractivity contribution is 7.13. The second-order valence-electron chi connectivity index (χ2n) is 6.66. The van der Waals surface area contributed by atoms with Crippen molar-refractivity contribution in [1.82, 2.24) is 9.88 Å². The Morgan fingerprint density at radius 1 is 1.35 bits per heavy atom. The van der Waals surface area contributed by atoms with Gasteiger partial charge in [-0.25, -0.2) is 4.98 Å². The summed E-state index contributed by atoms with van der Waals surface area (Å²) in [5, 5.41) is 5.43. The molecule has 1 saturated heterocycles. The van der Waals surface area contributed by atoms with Crippen molar-refractivity contribution in [3.05, 3.63) is 41.4 Å². The highest BCUT2D eigenvalue weighted by Crippen LogP contribution is 2.20. The van der Waals surface area contributed by atoms with E-state index in [2.05, 4.69) is 29.0 Å². The fraction of sp³-hybridized carbons (Fsp3) is 0.474. The SMILES string of the molecule is C[C@@H]1CN(Cc2csc(NC(=O)[C@H](C)Oc3ccccc3)n2)C[C@H](C)O1. The Morgan fingerprint density at radius 2 is 2.04 bits per heavy atom. The molecule has 2 aromatic rings. The molecule has 6 nitrogen and oxygen atoms in total. The molecule has 0 bridgehead atoms. The minimum atomic E-state index is -0.592. The molecule has 7 heteroatoms. The number of carbonyl (C=O) groups is 1. The zero-order valence-corrected chi connectivity index (χ0v) is 16.2. The molecular formula is C19H25N3O3S. The molecule has 140 valence electrons. The number of benzene rings is 1. The second-order valence-corrected chi connectivity index (χ2v) is 7.52. The van der Waals surface area contributed by atoms with Crippen LogP contribution in [-0.2, 0) is 16.1 Å². The molecule has 0 aliphatic carbocycles. The number of ether oxygens (including phenoxy) is 2. The summed E-state index contributed by atoms with van der Waals surface area (Å²) >= 11 is 1.44. The Bertz CT molecular complexity index is 712. The Labute approximate surface area is 158 Å². The summed E-state index contributed by atoms with van der Waals surface area (Å²) in [5.74, 6) is 0.467. The smallest absolute Gasteiger partial charge is 0.266 e. The van der Waals surface area contributed by atoms with E-state index in [-0.39, 0.29) is 18.1 Å². The van der Waals surface area contributed by atoms with E-state index in [9.17, 15) is 4.79 Å². The monoisotopic (exact) mass is 375 g/mol. The van der Waals surface area contributed by atoms with Crippen LogP contribution in [0.5, 0.6) is 5.75 Å². The van der Waals surface area contributed by atoms with E-state index in [1.165, 1.54) is 11.3 Å². The first-order chi connectivity index (χ1) is 12.5. The van der Waals surface area contributed by atoms with Gasteiger partial charge < -0.3 is 9.47 Å². The lowest BCUT2D eigenvalue weighted by Gasteiger charge is -2.34. The maximum Gasteiger partial charge on any atom is 0.266 e. The van der Waals surface area contributed by atoms with Gasteiger partial charge in [-0.15, -0.1) is 11.3 Å². The highest BCUT2D eigenvalue weighted by Gasteiger charge is 2.23.